The monoisotopic (exact) mass is 270 g/mol. The number of hydrogen-bond donors (Lipinski definition) is 2. The number of hydrogen-bond acceptors (Lipinski definition) is 3. The summed E-state index contributed by atoms with van der Waals surface area (Å²) in [5.41, 5.74) is -1.07. The summed E-state index contributed by atoms with van der Waals surface area (Å²) in [6, 6.07) is 0.334. The second-order valence-electron chi connectivity index (χ2n) is 5.76. The summed E-state index contributed by atoms with van der Waals surface area (Å²) < 4.78 is 0. The van der Waals surface area contributed by atoms with Crippen LogP contribution >= 0.6 is 0 Å². The molecule has 2 N–H and O–H groups in total. The average Bonchev–Trinajstić information content (AvgIpc) is 2.38. The van der Waals surface area contributed by atoms with E-state index in [2.05, 4.69) is 5.32 Å². The van der Waals surface area contributed by atoms with Crippen LogP contribution in [0.4, 0.5) is 0 Å². The number of carboxylic acids is 1. The van der Waals surface area contributed by atoms with Crippen LogP contribution in [0.1, 0.15) is 52.9 Å². The van der Waals surface area contributed by atoms with Gasteiger partial charge in [0, 0.05) is 12.6 Å². The molecule has 110 valence electrons. The molecule has 0 aliphatic heterocycles. The first kappa shape index (κ1) is 16.0. The predicted octanol–water partition coefficient (Wildman–Crippen LogP) is 1.62. The number of carbonyl (C=O) groups is 2. The van der Waals surface area contributed by atoms with Crippen molar-refractivity contribution in [3.05, 3.63) is 0 Å². The van der Waals surface area contributed by atoms with Gasteiger partial charge in [-0.1, -0.05) is 19.3 Å². The van der Waals surface area contributed by atoms with E-state index in [4.69, 9.17) is 5.11 Å². The lowest BCUT2D eigenvalue weighted by Crippen LogP contribution is -2.52. The number of carboxylic acid groups (broad SMARTS) is 1. The number of nitrogens with zero attached hydrogens (tertiary/aromatic N) is 1. The van der Waals surface area contributed by atoms with Crippen molar-refractivity contribution in [1.82, 2.24) is 10.2 Å². The van der Waals surface area contributed by atoms with Crippen LogP contribution < -0.4 is 5.32 Å². The first-order valence-corrected chi connectivity index (χ1v) is 7.16. The van der Waals surface area contributed by atoms with Crippen LogP contribution in [0.15, 0.2) is 0 Å². The van der Waals surface area contributed by atoms with Crippen molar-refractivity contribution in [2.45, 2.75) is 64.5 Å². The minimum Gasteiger partial charge on any atom is -0.480 e. The van der Waals surface area contributed by atoms with Crippen LogP contribution in [0.5, 0.6) is 0 Å². The van der Waals surface area contributed by atoms with Gasteiger partial charge in [0.2, 0.25) is 5.91 Å². The lowest BCUT2D eigenvalue weighted by atomic mass is 9.94. The number of nitrogens with one attached hydrogen (secondary N) is 1. The molecule has 19 heavy (non-hydrogen) atoms. The van der Waals surface area contributed by atoms with Crippen molar-refractivity contribution < 1.29 is 14.7 Å². The normalized spacial score (nSPS) is 17.2. The molecule has 0 aromatic rings. The highest BCUT2D eigenvalue weighted by molar-refractivity contribution is 5.81. The molecular weight excluding hydrogens is 244 g/mol. The highest BCUT2D eigenvalue weighted by Crippen LogP contribution is 2.22. The van der Waals surface area contributed by atoms with Gasteiger partial charge in [0.15, 0.2) is 0 Å². The largest absolute Gasteiger partial charge is 0.480 e. The minimum absolute atomic E-state index is 0.00345. The van der Waals surface area contributed by atoms with Crippen LogP contribution in [0.25, 0.3) is 0 Å². The second kappa shape index (κ2) is 6.89. The third kappa shape index (κ3) is 4.49. The van der Waals surface area contributed by atoms with Crippen LogP contribution in [-0.4, -0.2) is 46.6 Å². The number of likely N-dealkylation sites (N-methyl/N-ethyl adjacent to an activating group) is 1. The summed E-state index contributed by atoms with van der Waals surface area (Å²) in [6.45, 7) is 5.90. The van der Waals surface area contributed by atoms with Gasteiger partial charge >= 0.3 is 5.97 Å². The fraction of sp³-hybridized carbons (Fsp3) is 0.857. The summed E-state index contributed by atoms with van der Waals surface area (Å²) in [7, 11) is 0. The van der Waals surface area contributed by atoms with Crippen molar-refractivity contribution in [1.29, 1.82) is 0 Å². The Bertz CT molecular complexity index is 323. The van der Waals surface area contributed by atoms with E-state index in [9.17, 15) is 9.59 Å². The smallest absolute Gasteiger partial charge is 0.323 e. The molecule has 1 rings (SSSR count). The molecule has 0 heterocycles. The van der Waals surface area contributed by atoms with Gasteiger partial charge < -0.3 is 10.0 Å². The summed E-state index contributed by atoms with van der Waals surface area (Å²) in [5, 5.41) is 11.8. The van der Waals surface area contributed by atoms with Crippen molar-refractivity contribution in [3.63, 3.8) is 0 Å². The first-order valence-electron chi connectivity index (χ1n) is 7.16. The SMILES string of the molecule is CCN(C(=O)CNC(C)(C)C(=O)O)C1CCCCC1. The summed E-state index contributed by atoms with van der Waals surface area (Å²) in [4.78, 5) is 25.1. The highest BCUT2D eigenvalue weighted by atomic mass is 16.4. The molecule has 0 aromatic heterocycles. The molecule has 0 saturated heterocycles. The Kier molecular flexibility index (Phi) is 5.79. The Morgan fingerprint density at radius 2 is 1.84 bits per heavy atom. The number of rotatable bonds is 6. The maximum Gasteiger partial charge on any atom is 0.323 e. The molecule has 1 aliphatic rings. The standard InChI is InChI=1S/C14H26N2O3/c1-4-16(11-8-6-5-7-9-11)12(17)10-15-14(2,3)13(18)19/h11,15H,4-10H2,1-3H3,(H,18,19). The summed E-state index contributed by atoms with van der Waals surface area (Å²) in [5.74, 6) is -0.940. The van der Waals surface area contributed by atoms with Gasteiger partial charge in [-0.15, -0.1) is 0 Å². The van der Waals surface area contributed by atoms with Gasteiger partial charge in [-0.25, -0.2) is 0 Å². The van der Waals surface area contributed by atoms with Gasteiger partial charge in [0.25, 0.3) is 0 Å². The lowest BCUT2D eigenvalue weighted by Gasteiger charge is -2.34. The van der Waals surface area contributed by atoms with E-state index in [1.165, 1.54) is 19.3 Å². The Balaban J connectivity index is 2.52. The highest BCUT2D eigenvalue weighted by Gasteiger charge is 2.29. The minimum atomic E-state index is -1.07. The number of aliphatic carboxylic acids is 1. The van der Waals surface area contributed by atoms with Crippen LogP contribution in [0.2, 0.25) is 0 Å². The van der Waals surface area contributed by atoms with E-state index >= 15 is 0 Å². The molecule has 1 fully saturated rings. The zero-order chi connectivity index (χ0) is 14.5. The van der Waals surface area contributed by atoms with Crippen molar-refractivity contribution in [3.8, 4) is 0 Å². The van der Waals surface area contributed by atoms with Gasteiger partial charge in [-0.2, -0.15) is 0 Å². The van der Waals surface area contributed by atoms with E-state index in [1.807, 2.05) is 11.8 Å². The molecule has 1 amide bonds. The molecule has 0 bridgehead atoms. The van der Waals surface area contributed by atoms with Gasteiger partial charge in [0.05, 0.1) is 6.54 Å². The molecule has 1 aliphatic carbocycles. The van der Waals surface area contributed by atoms with E-state index in [0.29, 0.717) is 12.6 Å². The van der Waals surface area contributed by atoms with Crippen LogP contribution in [0, 0.1) is 0 Å². The maximum atomic E-state index is 12.2. The van der Waals surface area contributed by atoms with Gasteiger partial charge in [-0.05, 0) is 33.6 Å². The molecule has 0 unspecified atom stereocenters. The lowest BCUT2D eigenvalue weighted by molar-refractivity contribution is -0.144. The molecule has 5 heteroatoms. The first-order chi connectivity index (χ1) is 8.88. The van der Waals surface area contributed by atoms with E-state index in [1.54, 1.807) is 13.8 Å². The topological polar surface area (TPSA) is 69.6 Å². The fourth-order valence-electron chi connectivity index (χ4n) is 2.50. The average molecular weight is 270 g/mol. The Morgan fingerprint density at radius 3 is 2.32 bits per heavy atom. The second-order valence-corrected chi connectivity index (χ2v) is 5.76. The van der Waals surface area contributed by atoms with E-state index in [-0.39, 0.29) is 12.5 Å². The third-order valence-corrected chi connectivity index (χ3v) is 3.89. The predicted molar refractivity (Wildman–Crippen MR) is 74.0 cm³/mol. The molecule has 1 saturated carbocycles. The molecule has 0 aromatic carbocycles. The maximum absolute atomic E-state index is 12.2. The summed E-state index contributed by atoms with van der Waals surface area (Å²) >= 11 is 0. The van der Waals surface area contributed by atoms with E-state index in [0.717, 1.165) is 12.8 Å². The number of amides is 1. The third-order valence-electron chi connectivity index (χ3n) is 3.89. The van der Waals surface area contributed by atoms with E-state index < -0.39 is 11.5 Å². The Morgan fingerprint density at radius 1 is 1.26 bits per heavy atom. The van der Waals surface area contributed by atoms with Gasteiger partial charge in [-0.3, -0.25) is 14.9 Å². The zero-order valence-corrected chi connectivity index (χ0v) is 12.2. The molecule has 5 nitrogen and oxygen atoms in total. The number of carbonyl (C=O) groups excluding carboxylic acids is 1. The zero-order valence-electron chi connectivity index (χ0n) is 12.2. The quantitative estimate of drug-likeness (QED) is 0.769. The Hall–Kier alpha value is -1.10. The molecule has 0 radical (unpaired) electrons. The molecule has 0 spiro atoms. The van der Waals surface area contributed by atoms with Crippen molar-refractivity contribution >= 4 is 11.9 Å². The van der Waals surface area contributed by atoms with Crippen LogP contribution in [0.3, 0.4) is 0 Å². The molecule has 0 atom stereocenters. The van der Waals surface area contributed by atoms with Crippen LogP contribution in [-0.2, 0) is 9.59 Å². The molecular formula is C14H26N2O3. The van der Waals surface area contributed by atoms with Crippen molar-refractivity contribution in [2.75, 3.05) is 13.1 Å². The van der Waals surface area contributed by atoms with Gasteiger partial charge in [0.1, 0.15) is 5.54 Å². The van der Waals surface area contributed by atoms with Crippen molar-refractivity contribution in [2.24, 2.45) is 0 Å². The fourth-order valence-corrected chi connectivity index (χ4v) is 2.50. The Labute approximate surface area is 115 Å². The summed E-state index contributed by atoms with van der Waals surface area (Å²) in [6.07, 6.45) is 5.77.